The number of likely N-dealkylation sites (tertiary alicyclic amines) is 1. The van der Waals surface area contributed by atoms with Crippen molar-refractivity contribution < 1.29 is 9.84 Å². The Labute approximate surface area is 109 Å². The van der Waals surface area contributed by atoms with Crippen molar-refractivity contribution >= 4 is 0 Å². The highest BCUT2D eigenvalue weighted by atomic mass is 16.5. The summed E-state index contributed by atoms with van der Waals surface area (Å²) in [6, 6.07) is 8.29. The molecule has 1 saturated heterocycles. The van der Waals surface area contributed by atoms with Gasteiger partial charge in [0.1, 0.15) is 5.75 Å². The van der Waals surface area contributed by atoms with Crippen molar-refractivity contribution in [2.75, 3.05) is 33.4 Å². The van der Waals surface area contributed by atoms with Gasteiger partial charge in [0.2, 0.25) is 0 Å². The van der Waals surface area contributed by atoms with Gasteiger partial charge in [-0.3, -0.25) is 0 Å². The minimum atomic E-state index is 0.332. The van der Waals surface area contributed by atoms with E-state index in [9.17, 15) is 5.11 Å². The molecule has 0 aromatic heterocycles. The summed E-state index contributed by atoms with van der Waals surface area (Å²) in [5, 5.41) is 9.21. The minimum absolute atomic E-state index is 0.332. The highest BCUT2D eigenvalue weighted by molar-refractivity contribution is 5.27. The van der Waals surface area contributed by atoms with Crippen molar-refractivity contribution in [2.45, 2.75) is 19.3 Å². The quantitative estimate of drug-likeness (QED) is 0.865. The summed E-state index contributed by atoms with van der Waals surface area (Å²) < 4.78 is 5.15. The van der Waals surface area contributed by atoms with Crippen molar-refractivity contribution in [1.82, 2.24) is 4.90 Å². The third-order valence-corrected chi connectivity index (χ3v) is 3.74. The Hall–Kier alpha value is -1.06. The van der Waals surface area contributed by atoms with Crippen LogP contribution in [0.25, 0.3) is 0 Å². The predicted octanol–water partition coefficient (Wildman–Crippen LogP) is 1.94. The first-order valence-electron chi connectivity index (χ1n) is 6.78. The van der Waals surface area contributed by atoms with Crippen molar-refractivity contribution in [3.63, 3.8) is 0 Å². The van der Waals surface area contributed by atoms with Gasteiger partial charge in [-0.15, -0.1) is 0 Å². The van der Waals surface area contributed by atoms with Crippen LogP contribution in [0.2, 0.25) is 0 Å². The molecule has 0 amide bonds. The average molecular weight is 249 g/mol. The van der Waals surface area contributed by atoms with Gasteiger partial charge >= 0.3 is 0 Å². The van der Waals surface area contributed by atoms with Gasteiger partial charge in [-0.05, 0) is 49.4 Å². The lowest BCUT2D eigenvalue weighted by Crippen LogP contribution is -2.37. The van der Waals surface area contributed by atoms with Gasteiger partial charge < -0.3 is 14.7 Å². The smallest absolute Gasteiger partial charge is 0.118 e. The average Bonchev–Trinajstić information content (AvgIpc) is 2.46. The zero-order valence-electron chi connectivity index (χ0n) is 11.1. The molecule has 0 bridgehead atoms. The summed E-state index contributed by atoms with van der Waals surface area (Å²) in [4.78, 5) is 2.47. The number of nitrogens with zero attached hydrogens (tertiary/aromatic N) is 1. The molecule has 1 heterocycles. The topological polar surface area (TPSA) is 32.7 Å². The third kappa shape index (κ3) is 3.72. The van der Waals surface area contributed by atoms with Crippen LogP contribution < -0.4 is 4.74 Å². The fourth-order valence-corrected chi connectivity index (χ4v) is 2.58. The van der Waals surface area contributed by atoms with Gasteiger partial charge in [-0.1, -0.05) is 12.1 Å². The molecule has 1 aliphatic heterocycles. The second-order valence-electron chi connectivity index (χ2n) is 5.09. The van der Waals surface area contributed by atoms with E-state index in [0.717, 1.165) is 25.3 Å². The van der Waals surface area contributed by atoms with E-state index >= 15 is 0 Å². The van der Waals surface area contributed by atoms with Crippen LogP contribution >= 0.6 is 0 Å². The van der Waals surface area contributed by atoms with E-state index in [2.05, 4.69) is 17.0 Å². The van der Waals surface area contributed by atoms with Gasteiger partial charge in [-0.25, -0.2) is 0 Å². The summed E-state index contributed by atoms with van der Waals surface area (Å²) in [5.74, 6) is 1.40. The molecule has 0 radical (unpaired) electrons. The van der Waals surface area contributed by atoms with E-state index in [1.54, 1.807) is 7.11 Å². The van der Waals surface area contributed by atoms with Crippen LogP contribution in [-0.2, 0) is 6.42 Å². The van der Waals surface area contributed by atoms with Crippen molar-refractivity contribution in [1.29, 1.82) is 0 Å². The number of aliphatic hydroxyl groups is 1. The number of hydrogen-bond acceptors (Lipinski definition) is 3. The fourth-order valence-electron chi connectivity index (χ4n) is 2.58. The molecular formula is C15H23NO2. The van der Waals surface area contributed by atoms with E-state index in [4.69, 9.17) is 4.74 Å². The first-order chi connectivity index (χ1) is 8.81. The molecule has 18 heavy (non-hydrogen) atoms. The Morgan fingerprint density at radius 1 is 1.33 bits per heavy atom. The highest BCUT2D eigenvalue weighted by Gasteiger charge is 2.18. The summed E-state index contributed by atoms with van der Waals surface area (Å²) in [7, 11) is 1.69. The molecule has 1 aromatic carbocycles. The Bertz CT molecular complexity index is 350. The van der Waals surface area contributed by atoms with Gasteiger partial charge in [0.25, 0.3) is 0 Å². The molecule has 2 rings (SSSR count). The van der Waals surface area contributed by atoms with E-state index in [1.165, 1.54) is 24.9 Å². The molecular weight excluding hydrogens is 226 g/mol. The third-order valence-electron chi connectivity index (χ3n) is 3.74. The number of rotatable bonds is 5. The van der Waals surface area contributed by atoms with Crippen LogP contribution in [0.4, 0.5) is 0 Å². The maximum Gasteiger partial charge on any atom is 0.118 e. The summed E-state index contributed by atoms with van der Waals surface area (Å²) in [6.45, 7) is 3.64. The number of hydrogen-bond donors (Lipinski definition) is 1. The van der Waals surface area contributed by atoms with E-state index in [0.29, 0.717) is 12.5 Å². The molecule has 1 unspecified atom stereocenters. The summed E-state index contributed by atoms with van der Waals surface area (Å²) >= 11 is 0. The van der Waals surface area contributed by atoms with Crippen molar-refractivity contribution in [2.24, 2.45) is 5.92 Å². The zero-order chi connectivity index (χ0) is 12.8. The van der Waals surface area contributed by atoms with Gasteiger partial charge in [-0.2, -0.15) is 0 Å². The molecule has 0 saturated carbocycles. The molecule has 1 aliphatic rings. The van der Waals surface area contributed by atoms with E-state index in [1.807, 2.05) is 12.1 Å². The van der Waals surface area contributed by atoms with Crippen LogP contribution in [0.3, 0.4) is 0 Å². The standard InChI is InChI=1S/C15H23NO2/c1-18-15-6-4-13(5-7-15)8-10-16-9-2-3-14(11-16)12-17/h4-7,14,17H,2-3,8-12H2,1H3. The predicted molar refractivity (Wildman–Crippen MR) is 72.9 cm³/mol. The van der Waals surface area contributed by atoms with E-state index in [-0.39, 0.29) is 0 Å². The van der Waals surface area contributed by atoms with Crippen molar-refractivity contribution in [3.05, 3.63) is 29.8 Å². The number of piperidine rings is 1. The normalized spacial score (nSPS) is 20.9. The Morgan fingerprint density at radius 2 is 2.11 bits per heavy atom. The van der Waals surface area contributed by atoms with Gasteiger partial charge in [0.15, 0.2) is 0 Å². The van der Waals surface area contributed by atoms with Gasteiger partial charge in [0, 0.05) is 19.7 Å². The number of aliphatic hydroxyl groups excluding tert-OH is 1. The van der Waals surface area contributed by atoms with Crippen LogP contribution in [0.15, 0.2) is 24.3 Å². The SMILES string of the molecule is COc1ccc(CCN2CCCC(CO)C2)cc1. The maximum absolute atomic E-state index is 9.21. The molecule has 1 fully saturated rings. The maximum atomic E-state index is 9.21. The first-order valence-corrected chi connectivity index (χ1v) is 6.78. The molecule has 1 N–H and O–H groups in total. The lowest BCUT2D eigenvalue weighted by Gasteiger charge is -2.31. The Morgan fingerprint density at radius 3 is 2.78 bits per heavy atom. The molecule has 1 aromatic rings. The van der Waals surface area contributed by atoms with Crippen LogP contribution in [0, 0.1) is 5.92 Å². The van der Waals surface area contributed by atoms with Crippen molar-refractivity contribution in [3.8, 4) is 5.75 Å². The molecule has 3 nitrogen and oxygen atoms in total. The zero-order valence-corrected chi connectivity index (χ0v) is 11.1. The fraction of sp³-hybridized carbons (Fsp3) is 0.600. The number of ether oxygens (including phenoxy) is 1. The molecule has 0 aliphatic carbocycles. The van der Waals surface area contributed by atoms with Crippen LogP contribution in [0.1, 0.15) is 18.4 Å². The minimum Gasteiger partial charge on any atom is -0.497 e. The van der Waals surface area contributed by atoms with E-state index < -0.39 is 0 Å². The van der Waals surface area contributed by atoms with Crippen LogP contribution in [0.5, 0.6) is 5.75 Å². The first kappa shape index (κ1) is 13.4. The molecule has 100 valence electrons. The number of benzene rings is 1. The lowest BCUT2D eigenvalue weighted by atomic mass is 9.98. The van der Waals surface area contributed by atoms with Gasteiger partial charge in [0.05, 0.1) is 7.11 Å². The van der Waals surface area contributed by atoms with Crippen LogP contribution in [-0.4, -0.2) is 43.4 Å². The summed E-state index contributed by atoms with van der Waals surface area (Å²) in [5.41, 5.74) is 1.35. The Balaban J connectivity index is 1.79. The lowest BCUT2D eigenvalue weighted by molar-refractivity contribution is 0.121. The highest BCUT2D eigenvalue weighted by Crippen LogP contribution is 2.17. The monoisotopic (exact) mass is 249 g/mol. The molecule has 3 heteroatoms. The largest absolute Gasteiger partial charge is 0.497 e. The second-order valence-corrected chi connectivity index (χ2v) is 5.09. The summed E-state index contributed by atoms with van der Waals surface area (Å²) in [6.07, 6.45) is 3.46. The second kappa shape index (κ2) is 6.76. The Kier molecular flexibility index (Phi) is 5.02. The molecule has 1 atom stereocenters. The number of methoxy groups -OCH3 is 1. The molecule has 0 spiro atoms.